The van der Waals surface area contributed by atoms with Crippen LogP contribution in [0.25, 0.3) is 0 Å². The summed E-state index contributed by atoms with van der Waals surface area (Å²) in [6.45, 7) is 0.444. The number of aromatic nitrogens is 3. The Balaban J connectivity index is 2.26. The van der Waals surface area contributed by atoms with Crippen molar-refractivity contribution in [1.29, 1.82) is 0 Å². The van der Waals surface area contributed by atoms with Gasteiger partial charge in [-0.05, 0) is 28.1 Å². The van der Waals surface area contributed by atoms with Gasteiger partial charge in [0.2, 0.25) is 0 Å². The number of nitrogens with zero attached hydrogens (tertiary/aromatic N) is 3. The maximum Gasteiger partial charge on any atom is 0.253 e. The molecule has 0 saturated carbocycles. The van der Waals surface area contributed by atoms with Gasteiger partial charge >= 0.3 is 0 Å². The predicted octanol–water partition coefficient (Wildman–Crippen LogP) is 1.45. The molecule has 0 bridgehead atoms. The van der Waals surface area contributed by atoms with Gasteiger partial charge in [0.05, 0.1) is 18.6 Å². The average molecular weight is 266 g/mol. The summed E-state index contributed by atoms with van der Waals surface area (Å²) in [5.74, 6) is 0. The first-order chi connectivity index (χ1) is 7.25. The van der Waals surface area contributed by atoms with Crippen LogP contribution in [-0.4, -0.2) is 14.5 Å². The van der Waals surface area contributed by atoms with Crippen molar-refractivity contribution < 1.29 is 0 Å². The van der Waals surface area contributed by atoms with Gasteiger partial charge in [-0.3, -0.25) is 14.3 Å². The van der Waals surface area contributed by atoms with Crippen molar-refractivity contribution in [3.63, 3.8) is 0 Å². The van der Waals surface area contributed by atoms with Gasteiger partial charge in [-0.2, -0.15) is 0 Å². The van der Waals surface area contributed by atoms with E-state index in [4.69, 9.17) is 0 Å². The van der Waals surface area contributed by atoms with Crippen LogP contribution in [0.15, 0.2) is 46.2 Å². The first-order valence-corrected chi connectivity index (χ1v) is 5.16. The fourth-order valence-electron chi connectivity index (χ4n) is 1.17. The summed E-state index contributed by atoms with van der Waals surface area (Å²) in [6, 6.07) is 5.19. The Morgan fingerprint density at radius 2 is 2.20 bits per heavy atom. The second-order valence-corrected chi connectivity index (χ2v) is 3.93. The molecule has 0 atom stereocenters. The van der Waals surface area contributed by atoms with Crippen molar-refractivity contribution in [3.05, 3.63) is 57.4 Å². The molecule has 2 rings (SSSR count). The average Bonchev–Trinajstić information content (AvgIpc) is 2.25. The number of hydrogen-bond donors (Lipinski definition) is 0. The van der Waals surface area contributed by atoms with Gasteiger partial charge in [-0.1, -0.05) is 0 Å². The maximum atomic E-state index is 11.4. The van der Waals surface area contributed by atoms with Crippen LogP contribution in [-0.2, 0) is 6.54 Å². The summed E-state index contributed by atoms with van der Waals surface area (Å²) in [5.41, 5.74) is 0.753. The molecular weight excluding hydrogens is 258 g/mol. The molecule has 2 aromatic heterocycles. The molecule has 0 aromatic carbocycles. The number of hydrogen-bond acceptors (Lipinski definition) is 3. The Morgan fingerprint density at radius 1 is 1.33 bits per heavy atom. The van der Waals surface area contributed by atoms with E-state index in [-0.39, 0.29) is 5.56 Å². The minimum atomic E-state index is -0.0743. The van der Waals surface area contributed by atoms with Crippen molar-refractivity contribution in [3.8, 4) is 0 Å². The Kier molecular flexibility index (Phi) is 2.91. The van der Waals surface area contributed by atoms with E-state index >= 15 is 0 Å². The minimum Gasteiger partial charge on any atom is -0.293 e. The second kappa shape index (κ2) is 4.35. The lowest BCUT2D eigenvalue weighted by Gasteiger charge is -2.03. The standard InChI is InChI=1S/C10H8BrN3O/c11-8-1-2-9(13-5-8)6-14-7-12-4-3-10(14)15/h1-5,7H,6H2. The fraction of sp³-hybridized carbons (Fsp3) is 0.100. The van der Waals surface area contributed by atoms with E-state index in [1.165, 1.54) is 23.2 Å². The highest BCUT2D eigenvalue weighted by molar-refractivity contribution is 9.10. The highest BCUT2D eigenvalue weighted by atomic mass is 79.9. The lowest BCUT2D eigenvalue weighted by Crippen LogP contribution is -2.19. The predicted molar refractivity (Wildman–Crippen MR) is 59.5 cm³/mol. The third kappa shape index (κ3) is 2.50. The van der Waals surface area contributed by atoms with Crippen molar-refractivity contribution >= 4 is 15.9 Å². The lowest BCUT2D eigenvalue weighted by molar-refractivity contribution is 0.718. The zero-order chi connectivity index (χ0) is 10.7. The normalized spacial score (nSPS) is 10.2. The van der Waals surface area contributed by atoms with Gasteiger partial charge in [0.25, 0.3) is 5.56 Å². The van der Waals surface area contributed by atoms with E-state index in [0.717, 1.165) is 10.2 Å². The van der Waals surface area contributed by atoms with E-state index < -0.39 is 0 Å². The van der Waals surface area contributed by atoms with Crippen LogP contribution in [0.1, 0.15) is 5.69 Å². The number of halogens is 1. The third-order valence-electron chi connectivity index (χ3n) is 1.91. The zero-order valence-corrected chi connectivity index (χ0v) is 9.39. The molecule has 0 radical (unpaired) electrons. The molecule has 0 aliphatic rings. The zero-order valence-electron chi connectivity index (χ0n) is 7.80. The molecule has 4 nitrogen and oxygen atoms in total. The molecular formula is C10H8BrN3O. The molecule has 0 N–H and O–H groups in total. The number of pyridine rings is 1. The molecule has 5 heteroatoms. The van der Waals surface area contributed by atoms with Crippen LogP contribution in [0.2, 0.25) is 0 Å². The molecule has 76 valence electrons. The molecule has 0 amide bonds. The SMILES string of the molecule is O=c1ccncn1Cc1ccc(Br)cn1. The van der Waals surface area contributed by atoms with E-state index in [1.54, 1.807) is 6.20 Å². The smallest absolute Gasteiger partial charge is 0.253 e. The van der Waals surface area contributed by atoms with E-state index in [9.17, 15) is 4.79 Å². The topological polar surface area (TPSA) is 47.8 Å². The van der Waals surface area contributed by atoms with E-state index in [2.05, 4.69) is 25.9 Å². The van der Waals surface area contributed by atoms with Gasteiger partial charge < -0.3 is 0 Å². The Bertz CT molecular complexity index is 507. The first-order valence-electron chi connectivity index (χ1n) is 4.36. The second-order valence-electron chi connectivity index (χ2n) is 3.01. The summed E-state index contributed by atoms with van der Waals surface area (Å²) in [5, 5.41) is 0. The third-order valence-corrected chi connectivity index (χ3v) is 2.38. The van der Waals surface area contributed by atoms with Crippen LogP contribution in [0.3, 0.4) is 0 Å². The molecule has 0 unspecified atom stereocenters. The Labute approximate surface area is 94.8 Å². The molecule has 15 heavy (non-hydrogen) atoms. The van der Waals surface area contributed by atoms with Gasteiger partial charge in [-0.15, -0.1) is 0 Å². The van der Waals surface area contributed by atoms with Gasteiger partial charge in [-0.25, -0.2) is 4.98 Å². The van der Waals surface area contributed by atoms with Crippen LogP contribution in [0.4, 0.5) is 0 Å². The van der Waals surface area contributed by atoms with Crippen LogP contribution in [0.5, 0.6) is 0 Å². The molecule has 0 spiro atoms. The summed E-state index contributed by atoms with van der Waals surface area (Å²) < 4.78 is 2.43. The monoisotopic (exact) mass is 265 g/mol. The minimum absolute atomic E-state index is 0.0743. The maximum absolute atomic E-state index is 11.4. The highest BCUT2D eigenvalue weighted by Crippen LogP contribution is 2.07. The summed E-state index contributed by atoms with van der Waals surface area (Å²) in [6.07, 6.45) is 4.69. The van der Waals surface area contributed by atoms with Crippen molar-refractivity contribution in [2.75, 3.05) is 0 Å². The van der Waals surface area contributed by atoms with E-state index in [1.807, 2.05) is 12.1 Å². The molecule has 0 fully saturated rings. The molecule has 0 aliphatic carbocycles. The molecule has 2 aromatic rings. The lowest BCUT2D eigenvalue weighted by atomic mass is 10.3. The van der Waals surface area contributed by atoms with Crippen LogP contribution in [0, 0.1) is 0 Å². The van der Waals surface area contributed by atoms with E-state index in [0.29, 0.717) is 6.54 Å². The summed E-state index contributed by atoms with van der Waals surface area (Å²) in [4.78, 5) is 19.4. The molecule has 0 saturated heterocycles. The van der Waals surface area contributed by atoms with Gasteiger partial charge in [0.15, 0.2) is 0 Å². The largest absolute Gasteiger partial charge is 0.293 e. The summed E-state index contributed by atoms with van der Waals surface area (Å²) >= 11 is 3.30. The quantitative estimate of drug-likeness (QED) is 0.826. The van der Waals surface area contributed by atoms with Gasteiger partial charge in [0, 0.05) is 22.9 Å². The van der Waals surface area contributed by atoms with Crippen molar-refractivity contribution in [2.45, 2.75) is 6.54 Å². The molecule has 0 aliphatic heterocycles. The highest BCUT2D eigenvalue weighted by Gasteiger charge is 1.98. The van der Waals surface area contributed by atoms with Crippen LogP contribution >= 0.6 is 15.9 Å². The number of rotatable bonds is 2. The van der Waals surface area contributed by atoms with Crippen molar-refractivity contribution in [1.82, 2.24) is 14.5 Å². The van der Waals surface area contributed by atoms with Crippen molar-refractivity contribution in [2.24, 2.45) is 0 Å². The first kappa shape index (κ1) is 10.0. The summed E-state index contributed by atoms with van der Waals surface area (Å²) in [7, 11) is 0. The molecule has 2 heterocycles. The van der Waals surface area contributed by atoms with Crippen LogP contribution < -0.4 is 5.56 Å². The van der Waals surface area contributed by atoms with Gasteiger partial charge in [0.1, 0.15) is 0 Å². The Morgan fingerprint density at radius 3 is 2.87 bits per heavy atom. The fourth-order valence-corrected chi connectivity index (χ4v) is 1.41. The Hall–Kier alpha value is -1.49.